The maximum absolute atomic E-state index is 13.8. The summed E-state index contributed by atoms with van der Waals surface area (Å²) in [6, 6.07) is 30.5. The first-order chi connectivity index (χ1) is 30.3. The molecule has 1 saturated heterocycles. The van der Waals surface area contributed by atoms with Crippen molar-refractivity contribution >= 4 is 52.8 Å². The SMILES string of the molecule is O=C(O)CCOCCOCCOCCNC(=O)Cc1cccc(SCc2cccc(C(=O)Nc3ccc(N4CCCCC4)cc3C(=O)Nc3ncc(-c4ccccc4)cn3)c2)c1. The van der Waals surface area contributed by atoms with Gasteiger partial charge in [0.1, 0.15) is 0 Å². The van der Waals surface area contributed by atoms with Gasteiger partial charge in [0.25, 0.3) is 11.8 Å². The van der Waals surface area contributed by atoms with Gasteiger partial charge in [0, 0.05) is 59.5 Å². The molecule has 1 aliphatic heterocycles. The number of rotatable bonds is 23. The Bertz CT molecular complexity index is 2240. The third-order valence-corrected chi connectivity index (χ3v) is 10.9. The molecule has 6 rings (SSSR count). The van der Waals surface area contributed by atoms with E-state index in [1.54, 1.807) is 36.3 Å². The summed E-state index contributed by atoms with van der Waals surface area (Å²) in [5, 5.41) is 17.3. The highest BCUT2D eigenvalue weighted by Crippen LogP contribution is 2.28. The number of ether oxygens (including phenoxy) is 3. The molecule has 1 fully saturated rings. The lowest BCUT2D eigenvalue weighted by atomic mass is 10.1. The van der Waals surface area contributed by atoms with Crippen molar-refractivity contribution in [2.24, 2.45) is 0 Å². The van der Waals surface area contributed by atoms with E-state index in [4.69, 9.17) is 19.3 Å². The standard InChI is InChI=1S/C47H52N6O8S/c54-43(48-18-22-60-24-26-61-25-23-59-21-17-44(55)56)29-34-9-8-14-40(28-34)62-33-35-10-7-13-37(27-35)45(57)51-42-16-15-39(53-19-5-2-6-20-53)30-41(42)46(58)52-47-49-31-38(32-50-47)36-11-3-1-4-12-36/h1,3-4,7-16,27-28,30-32H,2,5-6,17-26,29,33H2,(H,48,54)(H,51,57)(H,55,56)(H,49,50,52,58). The largest absolute Gasteiger partial charge is 0.481 e. The minimum absolute atomic E-state index is 0.0363. The molecule has 0 atom stereocenters. The van der Waals surface area contributed by atoms with Gasteiger partial charge < -0.3 is 34.9 Å². The minimum Gasteiger partial charge on any atom is -0.481 e. The third-order valence-electron chi connectivity index (χ3n) is 9.83. The molecule has 2 heterocycles. The normalized spacial score (nSPS) is 12.4. The average molecular weight is 861 g/mol. The fraction of sp³-hybridized carbons (Fsp3) is 0.319. The molecule has 0 radical (unpaired) electrons. The number of carbonyl (C=O) groups is 4. The Morgan fingerprint density at radius 1 is 0.677 bits per heavy atom. The first-order valence-corrected chi connectivity index (χ1v) is 21.7. The number of thioether (sulfide) groups is 1. The summed E-state index contributed by atoms with van der Waals surface area (Å²) in [6.07, 6.45) is 6.86. The van der Waals surface area contributed by atoms with Gasteiger partial charge in [-0.15, -0.1) is 11.8 Å². The van der Waals surface area contributed by atoms with Gasteiger partial charge >= 0.3 is 5.97 Å². The van der Waals surface area contributed by atoms with Crippen molar-refractivity contribution in [3.63, 3.8) is 0 Å². The number of amides is 3. The summed E-state index contributed by atoms with van der Waals surface area (Å²) < 4.78 is 16.0. The number of anilines is 3. The van der Waals surface area contributed by atoms with E-state index in [9.17, 15) is 19.2 Å². The van der Waals surface area contributed by atoms with Crippen molar-refractivity contribution in [2.75, 3.05) is 74.8 Å². The second-order valence-corrected chi connectivity index (χ2v) is 15.5. The Kier molecular flexibility index (Phi) is 17.8. The number of carboxylic acid groups (broad SMARTS) is 1. The molecule has 3 amide bonds. The topological polar surface area (TPSA) is 181 Å². The summed E-state index contributed by atoms with van der Waals surface area (Å²) in [7, 11) is 0. The molecule has 0 unspecified atom stereocenters. The lowest BCUT2D eigenvalue weighted by Gasteiger charge is -2.29. The molecule has 0 saturated carbocycles. The van der Waals surface area contributed by atoms with E-state index >= 15 is 0 Å². The number of carboxylic acids is 1. The van der Waals surface area contributed by atoms with Crippen molar-refractivity contribution in [1.82, 2.24) is 15.3 Å². The molecule has 0 spiro atoms. The molecule has 4 aromatic carbocycles. The van der Waals surface area contributed by atoms with Crippen molar-refractivity contribution in [1.29, 1.82) is 0 Å². The Morgan fingerprint density at radius 3 is 2.15 bits per heavy atom. The zero-order valence-corrected chi connectivity index (χ0v) is 35.4. The molecule has 62 heavy (non-hydrogen) atoms. The van der Waals surface area contributed by atoms with Crippen LogP contribution in [-0.2, 0) is 36.0 Å². The van der Waals surface area contributed by atoms with Crippen LogP contribution >= 0.6 is 11.8 Å². The maximum Gasteiger partial charge on any atom is 0.305 e. The Morgan fingerprint density at radius 2 is 1.39 bits per heavy atom. The summed E-state index contributed by atoms with van der Waals surface area (Å²) in [5.41, 5.74) is 5.67. The fourth-order valence-corrected chi connectivity index (χ4v) is 7.56. The van der Waals surface area contributed by atoms with E-state index < -0.39 is 11.9 Å². The van der Waals surface area contributed by atoms with Crippen molar-refractivity contribution in [2.45, 2.75) is 42.8 Å². The van der Waals surface area contributed by atoms with E-state index in [2.05, 4.69) is 30.8 Å². The highest BCUT2D eigenvalue weighted by Gasteiger charge is 2.20. The van der Waals surface area contributed by atoms with Crippen LogP contribution in [0.2, 0.25) is 0 Å². The summed E-state index contributed by atoms with van der Waals surface area (Å²) in [6.45, 7) is 4.07. The smallest absolute Gasteiger partial charge is 0.305 e. The number of piperidine rings is 1. The van der Waals surface area contributed by atoms with Crippen LogP contribution in [0.25, 0.3) is 11.1 Å². The highest BCUT2D eigenvalue weighted by atomic mass is 32.2. The number of carbonyl (C=O) groups excluding carboxylic acids is 3. The highest BCUT2D eigenvalue weighted by molar-refractivity contribution is 7.98. The Balaban J connectivity index is 0.988. The van der Waals surface area contributed by atoms with E-state index in [0.29, 0.717) is 62.1 Å². The zero-order valence-electron chi connectivity index (χ0n) is 34.6. The van der Waals surface area contributed by atoms with E-state index in [0.717, 1.165) is 58.8 Å². The molecule has 14 nitrogen and oxygen atoms in total. The Hall–Kier alpha value is -6.13. The molecule has 5 aromatic rings. The van der Waals surface area contributed by atoms with Crippen LogP contribution in [0.5, 0.6) is 0 Å². The number of hydrogen-bond acceptors (Lipinski definition) is 11. The number of aliphatic carboxylic acids is 1. The number of hydrogen-bond donors (Lipinski definition) is 4. The summed E-state index contributed by atoms with van der Waals surface area (Å²) in [5.74, 6) is -1.03. The fourth-order valence-electron chi connectivity index (χ4n) is 6.64. The lowest BCUT2D eigenvalue weighted by Crippen LogP contribution is -2.29. The van der Waals surface area contributed by atoms with Gasteiger partial charge in [-0.05, 0) is 78.4 Å². The van der Waals surface area contributed by atoms with Crippen LogP contribution < -0.4 is 20.9 Å². The van der Waals surface area contributed by atoms with Gasteiger partial charge in [-0.3, -0.25) is 24.5 Å². The number of aromatic nitrogens is 2. The molecule has 324 valence electrons. The summed E-state index contributed by atoms with van der Waals surface area (Å²) in [4.78, 5) is 62.7. The third kappa shape index (κ3) is 14.8. The number of nitrogens with one attached hydrogen (secondary N) is 3. The lowest BCUT2D eigenvalue weighted by molar-refractivity contribution is -0.138. The van der Waals surface area contributed by atoms with Crippen molar-refractivity contribution in [3.8, 4) is 11.1 Å². The molecule has 0 bridgehead atoms. The molecule has 4 N–H and O–H groups in total. The maximum atomic E-state index is 13.8. The molecule has 0 aliphatic carbocycles. The second kappa shape index (κ2) is 24.3. The second-order valence-electron chi connectivity index (χ2n) is 14.5. The van der Waals surface area contributed by atoms with Gasteiger partial charge in [0.15, 0.2) is 0 Å². The number of benzene rings is 4. The predicted molar refractivity (Wildman–Crippen MR) is 240 cm³/mol. The van der Waals surface area contributed by atoms with Gasteiger partial charge in [0.2, 0.25) is 11.9 Å². The molecule has 15 heteroatoms. The molecular formula is C47H52N6O8S. The van der Waals surface area contributed by atoms with Crippen molar-refractivity contribution in [3.05, 3.63) is 132 Å². The van der Waals surface area contributed by atoms with E-state index in [1.807, 2.05) is 84.9 Å². The van der Waals surface area contributed by atoms with Crippen LogP contribution in [0.4, 0.5) is 17.3 Å². The number of nitrogens with zero attached hydrogens (tertiary/aromatic N) is 3. The minimum atomic E-state index is -0.899. The monoisotopic (exact) mass is 860 g/mol. The van der Waals surface area contributed by atoms with Gasteiger partial charge in [-0.25, -0.2) is 9.97 Å². The van der Waals surface area contributed by atoms with Crippen LogP contribution in [0, 0.1) is 0 Å². The van der Waals surface area contributed by atoms with Crippen LogP contribution in [0.1, 0.15) is 57.5 Å². The van der Waals surface area contributed by atoms with Crippen molar-refractivity contribution < 1.29 is 38.5 Å². The first-order valence-electron chi connectivity index (χ1n) is 20.7. The van der Waals surface area contributed by atoms with Crippen LogP contribution in [0.15, 0.2) is 114 Å². The molecular weight excluding hydrogens is 809 g/mol. The molecule has 1 aliphatic rings. The Labute approximate surface area is 365 Å². The van der Waals surface area contributed by atoms with Crippen LogP contribution in [0.3, 0.4) is 0 Å². The van der Waals surface area contributed by atoms with Gasteiger partial charge in [-0.2, -0.15) is 0 Å². The van der Waals surface area contributed by atoms with Crippen LogP contribution in [-0.4, -0.2) is 98.0 Å². The molecule has 1 aromatic heterocycles. The van der Waals surface area contributed by atoms with Gasteiger partial charge in [-0.1, -0.05) is 54.6 Å². The zero-order chi connectivity index (χ0) is 43.4. The van der Waals surface area contributed by atoms with Gasteiger partial charge in [0.05, 0.1) is 63.7 Å². The first kappa shape index (κ1) is 45.4. The van der Waals surface area contributed by atoms with E-state index in [1.165, 1.54) is 6.42 Å². The predicted octanol–water partition coefficient (Wildman–Crippen LogP) is 7.11. The average Bonchev–Trinajstić information content (AvgIpc) is 3.29. The summed E-state index contributed by atoms with van der Waals surface area (Å²) >= 11 is 1.60. The van der Waals surface area contributed by atoms with E-state index in [-0.39, 0.29) is 37.2 Å². The quantitative estimate of drug-likeness (QED) is 0.0387.